The van der Waals surface area contributed by atoms with E-state index in [-0.39, 0.29) is 0 Å². The second kappa shape index (κ2) is 6.29. The van der Waals surface area contributed by atoms with Crippen LogP contribution >= 0.6 is 0 Å². The predicted molar refractivity (Wildman–Crippen MR) is 38.2 cm³/mol. The third kappa shape index (κ3) is 22.4. The third-order valence-corrected chi connectivity index (χ3v) is 0.689. The molecule has 0 amide bonds. The van der Waals surface area contributed by atoms with Crippen molar-refractivity contribution in [1.29, 1.82) is 0 Å². The van der Waals surface area contributed by atoms with Crippen molar-refractivity contribution in [3.8, 4) is 0 Å². The van der Waals surface area contributed by atoms with Crippen LogP contribution in [-0.2, 0) is 19.7 Å². The van der Waals surface area contributed by atoms with Crippen LogP contribution in [0.5, 0.6) is 0 Å². The third-order valence-electron chi connectivity index (χ3n) is 0.689. The number of hydrogen-bond donors (Lipinski definition) is 1. The van der Waals surface area contributed by atoms with E-state index < -0.39 is 34.5 Å². The average molecular weight is 226 g/mol. The summed E-state index contributed by atoms with van der Waals surface area (Å²) in [5.74, 6) is -3.08. The van der Waals surface area contributed by atoms with Gasteiger partial charge in [0.05, 0.1) is 16.1 Å². The number of carbonyl (C=O) groups excluding carboxylic acids is 2. The molecule has 0 rings (SSSR count). The molecule has 0 radical (unpaired) electrons. The molecule has 0 heterocycles. The first-order chi connectivity index (χ1) is 6.04. The molecule has 0 aliphatic rings. The molecule has 0 aromatic carbocycles. The largest absolute Gasteiger partial charge is 0.748 e. The highest BCUT2D eigenvalue weighted by molar-refractivity contribution is 7.84. The minimum absolute atomic E-state index is 0.604. The summed E-state index contributed by atoms with van der Waals surface area (Å²) >= 11 is 0. The Morgan fingerprint density at radius 1 is 1.36 bits per heavy atom. The molecule has 14 heavy (non-hydrogen) atoms. The first kappa shape index (κ1) is 15.3. The molecule has 0 fully saturated rings. The maximum absolute atomic E-state index is 9.71. The van der Waals surface area contributed by atoms with Crippen molar-refractivity contribution in [3.05, 3.63) is 0 Å². The van der Waals surface area contributed by atoms with E-state index in [9.17, 15) is 19.8 Å². The van der Waals surface area contributed by atoms with Crippen LogP contribution in [0.15, 0.2) is 0 Å². The molecule has 0 saturated carbocycles. The summed E-state index contributed by atoms with van der Waals surface area (Å²) in [5, 5.41) is 19.3. The summed E-state index contributed by atoms with van der Waals surface area (Å²) in [6.07, 6.45) is -0.102. The highest BCUT2D eigenvalue weighted by atomic mass is 32.2. The van der Waals surface area contributed by atoms with Crippen molar-refractivity contribution in [2.24, 2.45) is 5.73 Å². The van der Waals surface area contributed by atoms with Crippen molar-refractivity contribution in [1.82, 2.24) is 0 Å². The minimum atomic E-state index is -3.92. The highest BCUT2D eigenvalue weighted by Gasteiger charge is 2.01. The highest BCUT2D eigenvalue weighted by Crippen LogP contribution is 1.81. The van der Waals surface area contributed by atoms with Crippen LogP contribution in [0.4, 0.5) is 0 Å². The minimum Gasteiger partial charge on any atom is -0.748 e. The zero-order valence-corrected chi connectivity index (χ0v) is 7.94. The van der Waals surface area contributed by atoms with Gasteiger partial charge in [-0.3, -0.25) is 0 Å². The van der Waals surface area contributed by atoms with E-state index in [1.165, 1.54) is 0 Å². The lowest BCUT2D eigenvalue weighted by Gasteiger charge is -2.11. The molecule has 0 aromatic rings. The monoisotopic (exact) mass is 226 g/mol. The number of carboxylic acid groups (broad SMARTS) is 2. The van der Waals surface area contributed by atoms with Gasteiger partial charge in [0.2, 0.25) is 0 Å². The Hall–Kier alpha value is -1.19. The molecule has 0 saturated heterocycles. The fraction of sp³-hybridized carbons (Fsp3) is 0.600. The van der Waals surface area contributed by atoms with Gasteiger partial charge >= 0.3 is 0 Å². The maximum atomic E-state index is 9.71. The van der Waals surface area contributed by atoms with Crippen LogP contribution in [0.25, 0.3) is 0 Å². The standard InChI is InChI=1S/C4H7NO4.CH4O3S/c5-2(4(8)9)1-3(6)7;1-5(2,3)4/h2H,1,5H2,(H,6,7)(H,8,9);1H3,(H,2,3,4)/p-3. The van der Waals surface area contributed by atoms with Crippen LogP contribution < -0.4 is 15.9 Å². The Morgan fingerprint density at radius 2 is 1.64 bits per heavy atom. The smallest absolute Gasteiger partial charge is 0.0916 e. The number of rotatable bonds is 3. The average Bonchev–Trinajstić information content (AvgIpc) is 1.80. The van der Waals surface area contributed by atoms with E-state index in [1.807, 2.05) is 0 Å². The molecule has 0 bridgehead atoms. The summed E-state index contributed by atoms with van der Waals surface area (Å²) in [4.78, 5) is 19.3. The summed E-state index contributed by atoms with van der Waals surface area (Å²) < 4.78 is 27.2. The van der Waals surface area contributed by atoms with Crippen LogP contribution in [-0.4, -0.2) is 37.2 Å². The molecule has 1 atom stereocenters. The van der Waals surface area contributed by atoms with E-state index in [4.69, 9.17) is 18.7 Å². The van der Waals surface area contributed by atoms with Gasteiger partial charge in [-0.25, -0.2) is 8.42 Å². The normalized spacial score (nSPS) is 12.2. The first-order valence-electron chi connectivity index (χ1n) is 3.11. The van der Waals surface area contributed by atoms with Crippen molar-refractivity contribution in [2.45, 2.75) is 12.5 Å². The summed E-state index contributed by atoms with van der Waals surface area (Å²) in [6.45, 7) is 0. The fourth-order valence-electron chi connectivity index (χ4n) is 0.263. The molecule has 0 aromatic heterocycles. The van der Waals surface area contributed by atoms with Crippen molar-refractivity contribution in [3.63, 3.8) is 0 Å². The van der Waals surface area contributed by atoms with Crippen molar-refractivity contribution < 1.29 is 32.8 Å². The zero-order chi connectivity index (χ0) is 11.9. The van der Waals surface area contributed by atoms with E-state index in [2.05, 4.69) is 0 Å². The quantitative estimate of drug-likeness (QED) is 0.469. The maximum Gasteiger partial charge on any atom is 0.0916 e. The fourth-order valence-corrected chi connectivity index (χ4v) is 0.263. The van der Waals surface area contributed by atoms with E-state index in [0.717, 1.165) is 0 Å². The van der Waals surface area contributed by atoms with Crippen LogP contribution in [0, 0.1) is 0 Å². The van der Waals surface area contributed by atoms with Crippen LogP contribution in [0.3, 0.4) is 0 Å². The van der Waals surface area contributed by atoms with E-state index >= 15 is 0 Å². The number of carbonyl (C=O) groups is 2. The van der Waals surface area contributed by atoms with Gasteiger partial charge in [-0.05, 0) is 0 Å². The molecule has 2 N–H and O–H groups in total. The van der Waals surface area contributed by atoms with Crippen molar-refractivity contribution in [2.75, 3.05) is 6.26 Å². The molecular formula is C5H8NO7S-3. The zero-order valence-electron chi connectivity index (χ0n) is 7.13. The van der Waals surface area contributed by atoms with E-state index in [1.54, 1.807) is 0 Å². The lowest BCUT2D eigenvalue weighted by atomic mass is 10.2. The number of aliphatic carboxylic acids is 2. The number of nitrogens with two attached hydrogens (primary N) is 1. The van der Waals surface area contributed by atoms with Crippen molar-refractivity contribution >= 4 is 22.1 Å². The Kier molecular flexibility index (Phi) is 6.87. The molecular weight excluding hydrogens is 218 g/mol. The van der Waals surface area contributed by atoms with Gasteiger partial charge in [0.15, 0.2) is 0 Å². The van der Waals surface area contributed by atoms with Crippen LogP contribution in [0.2, 0.25) is 0 Å². The first-order valence-corrected chi connectivity index (χ1v) is 4.93. The van der Waals surface area contributed by atoms with Gasteiger partial charge in [0, 0.05) is 24.7 Å². The topological polar surface area (TPSA) is 163 Å². The lowest BCUT2D eigenvalue weighted by Crippen LogP contribution is -2.45. The molecule has 0 aliphatic carbocycles. The summed E-state index contributed by atoms with van der Waals surface area (Å²) in [6, 6.07) is -1.46. The molecule has 84 valence electrons. The van der Waals surface area contributed by atoms with Gasteiger partial charge < -0.3 is 30.1 Å². The molecule has 1 unspecified atom stereocenters. The predicted octanol–water partition coefficient (Wildman–Crippen LogP) is -4.63. The number of carboxylic acids is 2. The summed E-state index contributed by atoms with van der Waals surface area (Å²) in [7, 11) is -3.92. The van der Waals surface area contributed by atoms with Gasteiger partial charge in [0.1, 0.15) is 0 Å². The van der Waals surface area contributed by atoms with Gasteiger partial charge in [0.25, 0.3) is 0 Å². The van der Waals surface area contributed by atoms with E-state index in [0.29, 0.717) is 6.26 Å². The Labute approximate surface area is 80.1 Å². The summed E-state index contributed by atoms with van der Waals surface area (Å²) in [5.41, 5.74) is 4.73. The second-order valence-corrected chi connectivity index (χ2v) is 3.61. The van der Waals surface area contributed by atoms with Gasteiger partial charge in [-0.1, -0.05) is 0 Å². The molecule has 0 spiro atoms. The Bertz CT molecular complexity index is 287. The SMILES string of the molecule is CS(=O)(=O)[O-].NC(CC(=O)[O-])C(=O)[O-]. The van der Waals surface area contributed by atoms with Gasteiger partial charge in [-0.2, -0.15) is 0 Å². The van der Waals surface area contributed by atoms with Gasteiger partial charge in [-0.15, -0.1) is 0 Å². The number of hydrogen-bond acceptors (Lipinski definition) is 8. The van der Waals surface area contributed by atoms with Crippen LogP contribution in [0.1, 0.15) is 6.42 Å². The lowest BCUT2D eigenvalue weighted by molar-refractivity contribution is -0.316. The Morgan fingerprint density at radius 3 is 1.71 bits per heavy atom. The molecule has 9 heteroatoms. The second-order valence-electron chi connectivity index (χ2n) is 2.21. The molecule has 8 nitrogen and oxygen atoms in total. The Balaban J connectivity index is 0. The molecule has 0 aliphatic heterocycles.